The van der Waals surface area contributed by atoms with Crippen LogP contribution in [0.15, 0.2) is 29.2 Å². The Balaban J connectivity index is 2.18. The van der Waals surface area contributed by atoms with E-state index in [-0.39, 0.29) is 10.9 Å². The van der Waals surface area contributed by atoms with Gasteiger partial charge in [-0.2, -0.15) is 4.31 Å². The van der Waals surface area contributed by atoms with Crippen molar-refractivity contribution < 1.29 is 12.8 Å². The number of sulfonamides is 1. The van der Waals surface area contributed by atoms with Gasteiger partial charge in [0, 0.05) is 19.1 Å². The lowest BCUT2D eigenvalue weighted by molar-refractivity contribution is 0.364. The third kappa shape index (κ3) is 4.25. The van der Waals surface area contributed by atoms with Crippen molar-refractivity contribution in [1.82, 2.24) is 9.62 Å². The highest BCUT2D eigenvalue weighted by Crippen LogP contribution is 2.19. The van der Waals surface area contributed by atoms with Crippen LogP contribution in [0.1, 0.15) is 32.6 Å². The van der Waals surface area contributed by atoms with E-state index < -0.39 is 15.8 Å². The molecule has 1 aromatic rings. The lowest BCUT2D eigenvalue weighted by Gasteiger charge is -2.25. The van der Waals surface area contributed by atoms with E-state index in [2.05, 4.69) is 5.32 Å². The standard InChI is InChI=1S/C15H23FN2O2S/c1-2-3-11-18(12-14-5-4-10-17-14)21(19,20)15-8-6-13(16)7-9-15/h6-9,14,17H,2-5,10-12H2,1H3. The van der Waals surface area contributed by atoms with Crippen LogP contribution in [0.5, 0.6) is 0 Å². The Morgan fingerprint density at radius 1 is 1.33 bits per heavy atom. The number of rotatable bonds is 7. The van der Waals surface area contributed by atoms with Gasteiger partial charge in [0.1, 0.15) is 5.82 Å². The summed E-state index contributed by atoms with van der Waals surface area (Å²) in [5.41, 5.74) is 0. The Morgan fingerprint density at radius 2 is 2.05 bits per heavy atom. The number of nitrogens with zero attached hydrogens (tertiary/aromatic N) is 1. The van der Waals surface area contributed by atoms with Crippen LogP contribution in [0.2, 0.25) is 0 Å². The highest BCUT2D eigenvalue weighted by atomic mass is 32.2. The van der Waals surface area contributed by atoms with Gasteiger partial charge in [-0.15, -0.1) is 0 Å². The highest BCUT2D eigenvalue weighted by molar-refractivity contribution is 7.89. The van der Waals surface area contributed by atoms with E-state index in [1.54, 1.807) is 0 Å². The van der Waals surface area contributed by atoms with Crippen molar-refractivity contribution in [1.29, 1.82) is 0 Å². The summed E-state index contributed by atoms with van der Waals surface area (Å²) in [6, 6.07) is 5.28. The van der Waals surface area contributed by atoms with Gasteiger partial charge >= 0.3 is 0 Å². The fraction of sp³-hybridized carbons (Fsp3) is 0.600. The lowest BCUT2D eigenvalue weighted by Crippen LogP contribution is -2.41. The van der Waals surface area contributed by atoms with Crippen molar-refractivity contribution in [3.63, 3.8) is 0 Å². The molecule has 0 spiro atoms. The topological polar surface area (TPSA) is 49.4 Å². The summed E-state index contributed by atoms with van der Waals surface area (Å²) in [5.74, 6) is -0.425. The number of unbranched alkanes of at least 4 members (excludes halogenated alkanes) is 1. The molecule has 2 rings (SSSR count). The predicted molar refractivity (Wildman–Crippen MR) is 81.1 cm³/mol. The SMILES string of the molecule is CCCCN(CC1CCCN1)S(=O)(=O)c1ccc(F)cc1. The molecular weight excluding hydrogens is 291 g/mol. The summed E-state index contributed by atoms with van der Waals surface area (Å²) < 4.78 is 39.9. The summed E-state index contributed by atoms with van der Waals surface area (Å²) in [5, 5.41) is 3.33. The van der Waals surface area contributed by atoms with Gasteiger partial charge in [0.2, 0.25) is 10.0 Å². The molecule has 0 radical (unpaired) electrons. The maximum Gasteiger partial charge on any atom is 0.243 e. The quantitative estimate of drug-likeness (QED) is 0.840. The molecule has 1 atom stereocenters. The molecular formula is C15H23FN2O2S. The summed E-state index contributed by atoms with van der Waals surface area (Å²) >= 11 is 0. The first kappa shape index (κ1) is 16.4. The minimum atomic E-state index is -3.55. The Morgan fingerprint density at radius 3 is 2.62 bits per heavy atom. The first-order valence-electron chi connectivity index (χ1n) is 7.53. The molecule has 1 unspecified atom stereocenters. The second-order valence-corrected chi connectivity index (χ2v) is 7.40. The smallest absolute Gasteiger partial charge is 0.243 e. The first-order chi connectivity index (χ1) is 10.0. The highest BCUT2D eigenvalue weighted by Gasteiger charge is 2.27. The molecule has 1 aromatic carbocycles. The van der Waals surface area contributed by atoms with Gasteiger partial charge in [-0.3, -0.25) is 0 Å². The molecule has 1 aliphatic heterocycles. The number of halogens is 1. The summed E-state index contributed by atoms with van der Waals surface area (Å²) in [4.78, 5) is 0.165. The molecule has 21 heavy (non-hydrogen) atoms. The molecule has 0 aliphatic carbocycles. The van der Waals surface area contributed by atoms with Crippen molar-refractivity contribution in [2.45, 2.75) is 43.5 Å². The van der Waals surface area contributed by atoms with Crippen molar-refractivity contribution in [3.8, 4) is 0 Å². The van der Waals surface area contributed by atoms with Crippen molar-refractivity contribution in [3.05, 3.63) is 30.1 Å². The van der Waals surface area contributed by atoms with Gasteiger partial charge in [0.15, 0.2) is 0 Å². The zero-order valence-corrected chi connectivity index (χ0v) is 13.2. The molecule has 1 saturated heterocycles. The fourth-order valence-electron chi connectivity index (χ4n) is 2.56. The molecule has 0 saturated carbocycles. The third-order valence-electron chi connectivity index (χ3n) is 3.80. The monoisotopic (exact) mass is 314 g/mol. The predicted octanol–water partition coefficient (Wildman–Crippen LogP) is 2.37. The average Bonchev–Trinajstić information content (AvgIpc) is 2.96. The van der Waals surface area contributed by atoms with E-state index in [1.807, 2.05) is 6.92 Å². The van der Waals surface area contributed by atoms with E-state index in [4.69, 9.17) is 0 Å². The van der Waals surface area contributed by atoms with Crippen LogP contribution in [0.3, 0.4) is 0 Å². The van der Waals surface area contributed by atoms with Crippen LogP contribution in [0.4, 0.5) is 4.39 Å². The number of nitrogens with one attached hydrogen (secondary N) is 1. The molecule has 0 bridgehead atoms. The zero-order chi connectivity index (χ0) is 15.3. The number of hydrogen-bond donors (Lipinski definition) is 1. The van der Waals surface area contributed by atoms with E-state index in [1.165, 1.54) is 28.6 Å². The molecule has 1 heterocycles. The molecule has 1 fully saturated rings. The largest absolute Gasteiger partial charge is 0.313 e. The van der Waals surface area contributed by atoms with Gasteiger partial charge < -0.3 is 5.32 Å². The Hall–Kier alpha value is -0.980. The Bertz CT molecular complexity index is 539. The molecule has 6 heteroatoms. The van der Waals surface area contributed by atoms with Crippen molar-refractivity contribution >= 4 is 10.0 Å². The third-order valence-corrected chi connectivity index (χ3v) is 5.68. The van der Waals surface area contributed by atoms with Crippen molar-refractivity contribution in [2.75, 3.05) is 19.6 Å². The molecule has 1 N–H and O–H groups in total. The number of benzene rings is 1. The maximum atomic E-state index is 13.0. The Labute approximate surface area is 126 Å². The van der Waals surface area contributed by atoms with Gasteiger partial charge in [-0.05, 0) is 50.1 Å². The zero-order valence-electron chi connectivity index (χ0n) is 12.4. The summed E-state index contributed by atoms with van der Waals surface area (Å²) in [7, 11) is -3.55. The minimum Gasteiger partial charge on any atom is -0.313 e. The average molecular weight is 314 g/mol. The van der Waals surface area contributed by atoms with Crippen LogP contribution in [0, 0.1) is 5.82 Å². The van der Waals surface area contributed by atoms with E-state index in [9.17, 15) is 12.8 Å². The lowest BCUT2D eigenvalue weighted by atomic mass is 10.2. The molecule has 0 amide bonds. The molecule has 0 aromatic heterocycles. The van der Waals surface area contributed by atoms with Crippen LogP contribution in [0.25, 0.3) is 0 Å². The molecule has 118 valence electrons. The van der Waals surface area contributed by atoms with E-state index in [0.29, 0.717) is 13.1 Å². The van der Waals surface area contributed by atoms with Gasteiger partial charge in [-0.25, -0.2) is 12.8 Å². The maximum absolute atomic E-state index is 13.0. The fourth-order valence-corrected chi connectivity index (χ4v) is 4.08. The summed E-state index contributed by atoms with van der Waals surface area (Å²) in [6.45, 7) is 3.98. The molecule has 4 nitrogen and oxygen atoms in total. The second kappa shape index (κ2) is 7.33. The molecule has 1 aliphatic rings. The normalized spacial score (nSPS) is 19.3. The van der Waals surface area contributed by atoms with Gasteiger partial charge in [0.05, 0.1) is 4.90 Å². The summed E-state index contributed by atoms with van der Waals surface area (Å²) in [6.07, 6.45) is 3.85. The van der Waals surface area contributed by atoms with Crippen LogP contribution in [-0.4, -0.2) is 38.4 Å². The van der Waals surface area contributed by atoms with E-state index >= 15 is 0 Å². The van der Waals surface area contributed by atoms with Crippen LogP contribution < -0.4 is 5.32 Å². The van der Waals surface area contributed by atoms with Crippen molar-refractivity contribution in [2.24, 2.45) is 0 Å². The van der Waals surface area contributed by atoms with Gasteiger partial charge in [0.25, 0.3) is 0 Å². The van der Waals surface area contributed by atoms with Gasteiger partial charge in [-0.1, -0.05) is 13.3 Å². The first-order valence-corrected chi connectivity index (χ1v) is 8.97. The Kier molecular flexibility index (Phi) is 5.72. The second-order valence-electron chi connectivity index (χ2n) is 5.46. The van der Waals surface area contributed by atoms with E-state index in [0.717, 1.165) is 32.2 Å². The van der Waals surface area contributed by atoms with Crippen LogP contribution >= 0.6 is 0 Å². The number of hydrogen-bond acceptors (Lipinski definition) is 3. The minimum absolute atomic E-state index is 0.165. The van der Waals surface area contributed by atoms with Crippen LogP contribution in [-0.2, 0) is 10.0 Å².